The van der Waals surface area contributed by atoms with Gasteiger partial charge >= 0.3 is 12.1 Å². The van der Waals surface area contributed by atoms with Crippen LogP contribution in [0.3, 0.4) is 0 Å². The van der Waals surface area contributed by atoms with Crippen molar-refractivity contribution >= 4 is 11.9 Å². The van der Waals surface area contributed by atoms with Gasteiger partial charge in [0.25, 0.3) is 5.91 Å². The Labute approximate surface area is 208 Å². The number of aliphatic carboxylic acids is 1. The number of benzene rings is 2. The summed E-state index contributed by atoms with van der Waals surface area (Å²) in [4.78, 5) is 24.7. The molecule has 196 valence electrons. The second kappa shape index (κ2) is 9.92. The largest absolute Gasteiger partial charge is 0.490 e. The number of carboxylic acid groups (broad SMARTS) is 1. The maximum absolute atomic E-state index is 15.7. The van der Waals surface area contributed by atoms with Gasteiger partial charge in [-0.2, -0.15) is 18.3 Å². The van der Waals surface area contributed by atoms with Gasteiger partial charge in [-0.15, -0.1) is 0 Å². The summed E-state index contributed by atoms with van der Waals surface area (Å²) in [5.41, 5.74) is -1.24. The van der Waals surface area contributed by atoms with Crippen LogP contribution in [0.4, 0.5) is 22.0 Å². The van der Waals surface area contributed by atoms with E-state index in [0.717, 1.165) is 22.4 Å². The molecule has 5 rings (SSSR count). The Hall–Kier alpha value is -3.80. The molecular formula is C25H23F5N4O3. The molecule has 3 aromatic rings. The van der Waals surface area contributed by atoms with E-state index in [2.05, 4.69) is 10.2 Å². The van der Waals surface area contributed by atoms with E-state index < -0.39 is 29.4 Å². The minimum atomic E-state index is -5.08. The molecule has 0 bridgehead atoms. The minimum Gasteiger partial charge on any atom is -0.475 e. The number of rotatable bonds is 5. The molecule has 0 unspecified atom stereocenters. The molecule has 2 aliphatic heterocycles. The van der Waals surface area contributed by atoms with E-state index in [9.17, 15) is 18.0 Å². The quantitative estimate of drug-likeness (QED) is 0.495. The highest BCUT2D eigenvalue weighted by molar-refractivity contribution is 5.90. The normalized spacial score (nSPS) is 23.5. The summed E-state index contributed by atoms with van der Waals surface area (Å²) in [5.74, 6) is -3.51. The van der Waals surface area contributed by atoms with Crippen LogP contribution in [0.2, 0.25) is 0 Å². The number of fused-ring (bicyclic) bond motifs is 1. The Morgan fingerprint density at radius 2 is 1.57 bits per heavy atom. The first kappa shape index (κ1) is 26.3. The number of alkyl halides is 5. The zero-order valence-electron chi connectivity index (χ0n) is 19.4. The monoisotopic (exact) mass is 522 g/mol. The van der Waals surface area contributed by atoms with Crippen LogP contribution in [-0.2, 0) is 22.7 Å². The van der Waals surface area contributed by atoms with E-state index in [1.54, 1.807) is 11.1 Å². The molecule has 0 aliphatic carbocycles. The van der Waals surface area contributed by atoms with Crippen molar-refractivity contribution in [3.05, 3.63) is 78.0 Å². The van der Waals surface area contributed by atoms with Crippen molar-refractivity contribution in [3.8, 4) is 11.3 Å². The zero-order valence-corrected chi connectivity index (χ0v) is 19.4. The van der Waals surface area contributed by atoms with Crippen LogP contribution < -0.4 is 0 Å². The predicted molar refractivity (Wildman–Crippen MR) is 123 cm³/mol. The third kappa shape index (κ3) is 5.33. The van der Waals surface area contributed by atoms with Crippen molar-refractivity contribution < 1.29 is 36.6 Å². The first-order valence-electron chi connectivity index (χ1n) is 11.2. The third-order valence-electron chi connectivity index (χ3n) is 6.33. The molecule has 0 saturated carbocycles. The predicted octanol–water partition coefficient (Wildman–Crippen LogP) is 3.98. The molecule has 2 N–H and O–H groups in total. The van der Waals surface area contributed by atoms with Crippen LogP contribution in [-0.4, -0.2) is 74.1 Å². The van der Waals surface area contributed by atoms with Crippen molar-refractivity contribution in [2.45, 2.75) is 30.6 Å². The van der Waals surface area contributed by atoms with Gasteiger partial charge in [0.2, 0.25) is 5.67 Å². The van der Waals surface area contributed by atoms with Crippen molar-refractivity contribution in [2.75, 3.05) is 19.6 Å². The summed E-state index contributed by atoms with van der Waals surface area (Å²) in [6.07, 6.45) is -3.41. The average molecular weight is 522 g/mol. The van der Waals surface area contributed by atoms with Crippen LogP contribution in [0.5, 0.6) is 0 Å². The highest BCUT2D eigenvalue weighted by Gasteiger charge is 2.70. The van der Waals surface area contributed by atoms with Gasteiger partial charge in [0.05, 0.1) is 18.4 Å². The maximum atomic E-state index is 15.7. The van der Waals surface area contributed by atoms with Crippen molar-refractivity contribution in [3.63, 3.8) is 0 Å². The molecule has 0 spiro atoms. The molecule has 12 heteroatoms. The lowest BCUT2D eigenvalue weighted by Crippen LogP contribution is -2.47. The number of carboxylic acids is 1. The number of likely N-dealkylation sites (tertiary alicyclic amines) is 2. The molecule has 7 nitrogen and oxygen atoms in total. The van der Waals surface area contributed by atoms with Gasteiger partial charge in [-0.3, -0.25) is 14.8 Å². The first-order valence-corrected chi connectivity index (χ1v) is 11.2. The summed E-state index contributed by atoms with van der Waals surface area (Å²) < 4.78 is 63.1. The van der Waals surface area contributed by atoms with Crippen molar-refractivity contribution in [2.24, 2.45) is 0 Å². The number of halogens is 5. The minimum absolute atomic E-state index is 0.125. The Morgan fingerprint density at radius 1 is 0.973 bits per heavy atom. The van der Waals surface area contributed by atoms with Gasteiger partial charge in [-0.25, -0.2) is 13.6 Å². The summed E-state index contributed by atoms with van der Waals surface area (Å²) in [6, 6.07) is 19.0. The van der Waals surface area contributed by atoms with E-state index in [0.29, 0.717) is 6.54 Å². The van der Waals surface area contributed by atoms with E-state index in [-0.39, 0.29) is 26.2 Å². The van der Waals surface area contributed by atoms with Crippen LogP contribution >= 0.6 is 0 Å². The second-order valence-corrected chi connectivity index (χ2v) is 9.00. The third-order valence-corrected chi connectivity index (χ3v) is 6.33. The number of nitrogens with zero attached hydrogens (tertiary/aromatic N) is 3. The lowest BCUT2D eigenvalue weighted by atomic mass is 9.93. The molecule has 1 amide bonds. The van der Waals surface area contributed by atoms with E-state index in [1.165, 1.54) is 4.90 Å². The van der Waals surface area contributed by atoms with E-state index in [4.69, 9.17) is 9.90 Å². The Kier molecular flexibility index (Phi) is 7.05. The molecule has 2 atom stereocenters. The maximum Gasteiger partial charge on any atom is 0.490 e. The lowest BCUT2D eigenvalue weighted by molar-refractivity contribution is -0.192. The van der Waals surface area contributed by atoms with E-state index in [1.807, 2.05) is 60.7 Å². The smallest absolute Gasteiger partial charge is 0.475 e. The van der Waals surface area contributed by atoms with Gasteiger partial charge in [0.1, 0.15) is 0 Å². The molecule has 2 aromatic carbocycles. The fourth-order valence-electron chi connectivity index (χ4n) is 4.61. The highest BCUT2D eigenvalue weighted by atomic mass is 19.4. The van der Waals surface area contributed by atoms with Gasteiger partial charge in [-0.1, -0.05) is 60.7 Å². The fourth-order valence-corrected chi connectivity index (χ4v) is 4.61. The topological polar surface area (TPSA) is 89.5 Å². The number of H-pyrrole nitrogens is 1. The molecular weight excluding hydrogens is 499 g/mol. The number of aromatic nitrogens is 2. The number of hydrogen-bond acceptors (Lipinski definition) is 4. The molecule has 0 radical (unpaired) electrons. The summed E-state index contributed by atoms with van der Waals surface area (Å²) in [5, 5.41) is 14.2. The number of nitrogens with one attached hydrogen (secondary N) is 1. The van der Waals surface area contributed by atoms with Crippen LogP contribution in [0.1, 0.15) is 11.1 Å². The van der Waals surface area contributed by atoms with Gasteiger partial charge in [-0.05, 0) is 11.1 Å². The summed E-state index contributed by atoms with van der Waals surface area (Å²) >= 11 is 0. The molecule has 2 saturated heterocycles. The Bertz CT molecular complexity index is 1250. The van der Waals surface area contributed by atoms with Crippen molar-refractivity contribution in [1.29, 1.82) is 0 Å². The highest BCUT2D eigenvalue weighted by Crippen LogP contribution is 2.46. The molecule has 37 heavy (non-hydrogen) atoms. The number of amides is 1. The van der Waals surface area contributed by atoms with Gasteiger partial charge in [0, 0.05) is 31.7 Å². The van der Waals surface area contributed by atoms with Crippen LogP contribution in [0.25, 0.3) is 11.3 Å². The first-order chi connectivity index (χ1) is 17.4. The molecule has 2 aliphatic rings. The van der Waals surface area contributed by atoms with Gasteiger partial charge < -0.3 is 10.0 Å². The van der Waals surface area contributed by atoms with Gasteiger partial charge in [0.15, 0.2) is 5.67 Å². The second-order valence-electron chi connectivity index (χ2n) is 9.00. The number of carbonyl (C=O) groups is 2. The molecule has 2 fully saturated rings. The summed E-state index contributed by atoms with van der Waals surface area (Å²) in [7, 11) is 0. The standard InChI is InChI=1S/C23H22F2N4O.C2HF3O2/c24-22-14-28(13-19-11-26-27-20(19)18-9-5-2-6-10-18)16-23(22,25)21(30)29(15-22)12-17-7-3-1-4-8-17;3-2(4,5)1(6)7/h1-11H,12-16H2,(H,26,27);(H,6,7)/t22-,23+;/m0./s1. The summed E-state index contributed by atoms with van der Waals surface area (Å²) in [6.45, 7) is -0.0709. The molecule has 1 aromatic heterocycles. The zero-order chi connectivity index (χ0) is 26.8. The molecule has 3 heterocycles. The van der Waals surface area contributed by atoms with Crippen molar-refractivity contribution in [1.82, 2.24) is 20.0 Å². The average Bonchev–Trinajstić information content (AvgIpc) is 3.46. The Morgan fingerprint density at radius 3 is 2.14 bits per heavy atom. The van der Waals surface area contributed by atoms with Crippen LogP contribution in [0.15, 0.2) is 66.9 Å². The van der Waals surface area contributed by atoms with E-state index >= 15 is 8.78 Å². The number of hydrogen-bond donors (Lipinski definition) is 2. The SMILES string of the molecule is O=C(O)C(F)(F)F.O=C1N(Cc2ccccc2)C[C@@]2(F)CN(Cc3cn[nH]c3-c3ccccc3)C[C@@]12F. The number of aromatic amines is 1. The lowest BCUT2D eigenvalue weighted by Gasteiger charge is -2.22. The van der Waals surface area contributed by atoms with Crippen LogP contribution in [0, 0.1) is 0 Å². The fraction of sp³-hybridized carbons (Fsp3) is 0.320. The number of carbonyl (C=O) groups excluding carboxylic acids is 1. The Balaban J connectivity index is 0.000000405.